The summed E-state index contributed by atoms with van der Waals surface area (Å²) in [4.78, 5) is 17.3. The Balaban J connectivity index is 1.43. The van der Waals surface area contributed by atoms with Gasteiger partial charge in [-0.1, -0.05) is 12.1 Å². The van der Waals surface area contributed by atoms with Gasteiger partial charge in [0.05, 0.1) is 31.2 Å². The van der Waals surface area contributed by atoms with Gasteiger partial charge < -0.3 is 20.3 Å². The van der Waals surface area contributed by atoms with Gasteiger partial charge in [-0.15, -0.1) is 11.3 Å². The number of nitrogens with zero attached hydrogens (tertiary/aromatic N) is 5. The van der Waals surface area contributed by atoms with Gasteiger partial charge in [0.2, 0.25) is 5.95 Å². The van der Waals surface area contributed by atoms with Crippen molar-refractivity contribution in [2.75, 3.05) is 38.7 Å². The third-order valence-corrected chi connectivity index (χ3v) is 6.78. The Morgan fingerprint density at radius 1 is 1.29 bits per heavy atom. The summed E-state index contributed by atoms with van der Waals surface area (Å²) < 4.78 is 7.48. The number of rotatable bonds is 8. The Labute approximate surface area is 201 Å². The summed E-state index contributed by atoms with van der Waals surface area (Å²) >= 11 is 1.58. The van der Waals surface area contributed by atoms with Crippen molar-refractivity contribution in [1.29, 1.82) is 0 Å². The van der Waals surface area contributed by atoms with Crippen molar-refractivity contribution in [3.05, 3.63) is 48.1 Å². The molecular formula is C24H28N6O3S. The molecule has 0 radical (unpaired) electrons. The average molecular weight is 481 g/mol. The molecule has 34 heavy (non-hydrogen) atoms. The second kappa shape index (κ2) is 10.1. The Morgan fingerprint density at radius 3 is 3.06 bits per heavy atom. The molecule has 0 unspecified atom stereocenters. The number of fused-ring (bicyclic) bond motifs is 1. The quantitative estimate of drug-likeness (QED) is 0.353. The van der Waals surface area contributed by atoms with Crippen LogP contribution in [-0.4, -0.2) is 80.0 Å². The maximum absolute atomic E-state index is 9.80. The van der Waals surface area contributed by atoms with Crippen molar-refractivity contribution in [3.63, 3.8) is 0 Å². The number of hydrogen-bond acceptors (Lipinski definition) is 9. The first-order chi connectivity index (χ1) is 16.6. The topological polar surface area (TPSA) is 108 Å². The highest BCUT2D eigenvalue weighted by Gasteiger charge is 2.23. The molecule has 1 aliphatic heterocycles. The molecular weight excluding hydrogens is 452 g/mol. The predicted molar refractivity (Wildman–Crippen MR) is 132 cm³/mol. The minimum atomic E-state index is -0.719. The van der Waals surface area contributed by atoms with Gasteiger partial charge >= 0.3 is 0 Å². The molecule has 0 bridgehead atoms. The van der Waals surface area contributed by atoms with E-state index < -0.39 is 6.10 Å². The van der Waals surface area contributed by atoms with Gasteiger partial charge in [0.25, 0.3) is 0 Å². The lowest BCUT2D eigenvalue weighted by Gasteiger charge is -2.34. The number of hydrogen-bond donors (Lipinski definition) is 3. The third-order valence-electron chi connectivity index (χ3n) is 6.02. The van der Waals surface area contributed by atoms with Crippen LogP contribution in [0.2, 0.25) is 0 Å². The highest BCUT2D eigenvalue weighted by atomic mass is 32.1. The molecule has 3 aromatic heterocycles. The molecule has 1 aliphatic rings. The van der Waals surface area contributed by atoms with E-state index in [2.05, 4.69) is 19.6 Å². The fraction of sp³-hybridized carbons (Fsp3) is 0.375. The normalized spacial score (nSPS) is 17.7. The first kappa shape index (κ1) is 22.7. The Kier molecular flexibility index (Phi) is 6.73. The first-order valence-electron chi connectivity index (χ1n) is 11.4. The highest BCUT2D eigenvalue weighted by molar-refractivity contribution is 7.15. The van der Waals surface area contributed by atoms with E-state index in [0.29, 0.717) is 12.5 Å². The molecule has 5 rings (SSSR count). The maximum Gasteiger partial charge on any atom is 0.223 e. The lowest BCUT2D eigenvalue weighted by molar-refractivity contribution is 0.0517. The molecule has 3 N–H and O–H groups in total. The van der Waals surface area contributed by atoms with Gasteiger partial charge in [-0.05, 0) is 37.6 Å². The number of thiazole rings is 1. The van der Waals surface area contributed by atoms with Crippen LogP contribution in [0.5, 0.6) is 5.75 Å². The van der Waals surface area contributed by atoms with Crippen molar-refractivity contribution >= 4 is 22.2 Å². The van der Waals surface area contributed by atoms with Gasteiger partial charge in [0.1, 0.15) is 11.4 Å². The summed E-state index contributed by atoms with van der Waals surface area (Å²) in [7, 11) is 1.66. The van der Waals surface area contributed by atoms with Gasteiger partial charge in [-0.3, -0.25) is 9.30 Å². The number of ether oxygens (including phenoxy) is 1. The zero-order chi connectivity index (χ0) is 23.5. The summed E-state index contributed by atoms with van der Waals surface area (Å²) in [6, 6.07) is 9.95. The number of aliphatic hydroxyl groups is 2. The molecule has 4 heterocycles. The number of methoxy groups -OCH3 is 1. The van der Waals surface area contributed by atoms with Gasteiger partial charge in [0.15, 0.2) is 4.96 Å². The summed E-state index contributed by atoms with van der Waals surface area (Å²) in [5, 5.41) is 24.4. The fourth-order valence-electron chi connectivity index (χ4n) is 4.44. The van der Waals surface area contributed by atoms with Crippen molar-refractivity contribution in [1.82, 2.24) is 24.3 Å². The number of anilines is 1. The van der Waals surface area contributed by atoms with E-state index in [4.69, 9.17) is 19.8 Å². The summed E-state index contributed by atoms with van der Waals surface area (Å²) in [5.74, 6) is 1.34. The number of nitrogens with one attached hydrogen (secondary N) is 1. The molecule has 4 aromatic rings. The molecule has 0 spiro atoms. The minimum Gasteiger partial charge on any atom is -0.497 e. The fourth-order valence-corrected chi connectivity index (χ4v) is 5.15. The number of likely N-dealkylation sites (tertiary alicyclic amines) is 1. The van der Waals surface area contributed by atoms with Crippen molar-refractivity contribution < 1.29 is 14.9 Å². The number of benzene rings is 1. The van der Waals surface area contributed by atoms with E-state index in [-0.39, 0.29) is 12.6 Å². The van der Waals surface area contributed by atoms with Crippen molar-refractivity contribution in [2.45, 2.75) is 25.0 Å². The summed E-state index contributed by atoms with van der Waals surface area (Å²) in [6.45, 7) is 1.91. The molecule has 0 saturated carbocycles. The third kappa shape index (κ3) is 4.76. The Bertz CT molecular complexity index is 1260. The zero-order valence-electron chi connectivity index (χ0n) is 19.0. The van der Waals surface area contributed by atoms with Crippen LogP contribution in [0, 0.1) is 0 Å². The van der Waals surface area contributed by atoms with Gasteiger partial charge in [-0.2, -0.15) is 0 Å². The molecule has 10 heteroatoms. The number of piperidine rings is 1. The van der Waals surface area contributed by atoms with Crippen LogP contribution in [-0.2, 0) is 0 Å². The number of aliphatic hydroxyl groups excluding tert-OH is 2. The predicted octanol–water partition coefficient (Wildman–Crippen LogP) is 2.76. The van der Waals surface area contributed by atoms with Crippen LogP contribution in [0.3, 0.4) is 0 Å². The first-order valence-corrected chi connectivity index (χ1v) is 12.2. The van der Waals surface area contributed by atoms with Crippen LogP contribution < -0.4 is 10.1 Å². The van der Waals surface area contributed by atoms with Crippen LogP contribution in [0.1, 0.15) is 12.8 Å². The molecule has 9 nitrogen and oxygen atoms in total. The highest BCUT2D eigenvalue weighted by Crippen LogP contribution is 2.35. The lowest BCUT2D eigenvalue weighted by atomic mass is 10.1. The van der Waals surface area contributed by atoms with E-state index in [9.17, 15) is 5.11 Å². The molecule has 1 saturated heterocycles. The number of β-amino-alcohol motifs (C(OH)–C–C–N with tert-alkyl or cyclic N) is 1. The minimum absolute atomic E-state index is 0.166. The van der Waals surface area contributed by atoms with E-state index >= 15 is 0 Å². The van der Waals surface area contributed by atoms with E-state index in [1.165, 1.54) is 0 Å². The van der Waals surface area contributed by atoms with Crippen LogP contribution in [0.15, 0.2) is 48.1 Å². The Morgan fingerprint density at radius 2 is 2.21 bits per heavy atom. The molecule has 1 aromatic carbocycles. The number of aromatic nitrogens is 4. The molecule has 1 fully saturated rings. The van der Waals surface area contributed by atoms with Gasteiger partial charge in [-0.25, -0.2) is 15.0 Å². The molecule has 0 aliphatic carbocycles. The zero-order valence-corrected chi connectivity index (χ0v) is 19.8. The van der Waals surface area contributed by atoms with E-state index in [1.807, 2.05) is 41.9 Å². The standard InChI is InChI=1S/C24H28N6O3S/c1-33-19-6-2-4-16(12-19)21-22(30-10-11-34-24(30)28-21)20-7-8-25-23(27-20)26-17-5-3-9-29(13-17)14-18(32)15-31/h2,4,6-8,10-12,17-18,31-32H,3,5,9,13-15H2,1H3,(H,25,26,27)/t17-,18-/m1/s1. The van der Waals surface area contributed by atoms with Crippen molar-refractivity contribution in [3.8, 4) is 28.4 Å². The second-order valence-electron chi connectivity index (χ2n) is 8.44. The van der Waals surface area contributed by atoms with E-state index in [1.54, 1.807) is 24.6 Å². The summed E-state index contributed by atoms with van der Waals surface area (Å²) in [5.41, 5.74) is 3.50. The lowest BCUT2D eigenvalue weighted by Crippen LogP contribution is -2.45. The van der Waals surface area contributed by atoms with Gasteiger partial charge in [0, 0.05) is 42.5 Å². The smallest absolute Gasteiger partial charge is 0.223 e. The molecule has 178 valence electrons. The van der Waals surface area contributed by atoms with Crippen LogP contribution in [0.4, 0.5) is 5.95 Å². The monoisotopic (exact) mass is 480 g/mol. The second-order valence-corrected chi connectivity index (χ2v) is 9.31. The maximum atomic E-state index is 9.80. The average Bonchev–Trinajstić information content (AvgIpc) is 3.46. The van der Waals surface area contributed by atoms with Crippen LogP contribution >= 0.6 is 11.3 Å². The SMILES string of the molecule is COc1cccc(-c2nc3sccn3c2-c2ccnc(N[C@@H]3CCCN(C[C@@H](O)CO)C3)n2)c1. The van der Waals surface area contributed by atoms with Crippen molar-refractivity contribution in [2.24, 2.45) is 0 Å². The largest absolute Gasteiger partial charge is 0.497 e. The Hall–Kier alpha value is -3.05. The van der Waals surface area contributed by atoms with E-state index in [0.717, 1.165) is 59.3 Å². The molecule has 2 atom stereocenters. The molecule has 0 amide bonds. The summed E-state index contributed by atoms with van der Waals surface area (Å²) in [6.07, 6.45) is 5.06. The van der Waals surface area contributed by atoms with Crippen LogP contribution in [0.25, 0.3) is 27.6 Å². The number of imidazole rings is 1.